The third-order valence-corrected chi connectivity index (χ3v) is 4.05. The average molecular weight is 339 g/mol. The molecule has 1 rings (SSSR count). The standard InChI is InChI=1S/C13H16ClFO5S/c1-3-4-19-5-6-20-13(16)10-7-11(15)9(2)12(8-10)21(14,17)18/h7-8H,3-6H2,1-2H3. The first-order chi connectivity index (χ1) is 9.77. The molecule has 0 bridgehead atoms. The molecule has 0 aromatic heterocycles. The van der Waals surface area contributed by atoms with E-state index in [2.05, 4.69) is 0 Å². The maximum absolute atomic E-state index is 13.7. The second-order valence-electron chi connectivity index (χ2n) is 4.27. The van der Waals surface area contributed by atoms with Crippen molar-refractivity contribution in [2.24, 2.45) is 0 Å². The lowest BCUT2D eigenvalue weighted by molar-refractivity contribution is 0.0318. The zero-order valence-electron chi connectivity index (χ0n) is 11.7. The highest BCUT2D eigenvalue weighted by molar-refractivity contribution is 8.13. The molecular weight excluding hydrogens is 323 g/mol. The molecule has 0 aliphatic heterocycles. The van der Waals surface area contributed by atoms with Gasteiger partial charge in [0.1, 0.15) is 12.4 Å². The number of hydrogen-bond donors (Lipinski definition) is 0. The van der Waals surface area contributed by atoms with Crippen molar-refractivity contribution >= 4 is 25.7 Å². The van der Waals surface area contributed by atoms with Gasteiger partial charge in [-0.25, -0.2) is 17.6 Å². The van der Waals surface area contributed by atoms with E-state index in [4.69, 9.17) is 20.2 Å². The molecule has 0 spiro atoms. The fraction of sp³-hybridized carbons (Fsp3) is 0.462. The summed E-state index contributed by atoms with van der Waals surface area (Å²) in [7, 11) is 1.06. The van der Waals surface area contributed by atoms with Crippen LogP contribution < -0.4 is 0 Å². The number of carbonyl (C=O) groups is 1. The molecule has 0 N–H and O–H groups in total. The van der Waals surface area contributed by atoms with Gasteiger partial charge in [-0.3, -0.25) is 0 Å². The molecule has 0 atom stereocenters. The smallest absolute Gasteiger partial charge is 0.338 e. The van der Waals surface area contributed by atoms with Gasteiger partial charge in [0.05, 0.1) is 17.1 Å². The largest absolute Gasteiger partial charge is 0.460 e. The number of halogens is 2. The Labute approximate surface area is 127 Å². The monoisotopic (exact) mass is 338 g/mol. The first-order valence-corrected chi connectivity index (χ1v) is 8.58. The third kappa shape index (κ3) is 5.26. The minimum Gasteiger partial charge on any atom is -0.460 e. The lowest BCUT2D eigenvalue weighted by atomic mass is 10.1. The second kappa shape index (κ2) is 7.72. The van der Waals surface area contributed by atoms with Crippen LogP contribution in [0.1, 0.15) is 29.3 Å². The molecule has 1 aromatic carbocycles. The molecule has 0 saturated carbocycles. The van der Waals surface area contributed by atoms with E-state index in [1.165, 1.54) is 6.92 Å². The van der Waals surface area contributed by atoms with Crippen LogP contribution in [-0.2, 0) is 18.5 Å². The number of ether oxygens (including phenoxy) is 2. The zero-order chi connectivity index (χ0) is 16.0. The minimum atomic E-state index is -4.14. The molecule has 0 aliphatic rings. The van der Waals surface area contributed by atoms with Gasteiger partial charge in [0.25, 0.3) is 9.05 Å². The van der Waals surface area contributed by atoms with Gasteiger partial charge in [0.15, 0.2) is 0 Å². The summed E-state index contributed by atoms with van der Waals surface area (Å²) in [5.41, 5.74) is -0.361. The van der Waals surface area contributed by atoms with Crippen molar-refractivity contribution in [2.75, 3.05) is 19.8 Å². The molecule has 1 aromatic rings. The minimum absolute atomic E-state index is 0.00269. The van der Waals surface area contributed by atoms with Gasteiger partial charge >= 0.3 is 5.97 Å². The average Bonchev–Trinajstić information content (AvgIpc) is 2.39. The maximum atomic E-state index is 13.7. The van der Waals surface area contributed by atoms with E-state index in [0.29, 0.717) is 6.61 Å². The van der Waals surface area contributed by atoms with Crippen LogP contribution in [0.25, 0.3) is 0 Å². The highest BCUT2D eigenvalue weighted by atomic mass is 35.7. The molecule has 8 heteroatoms. The van der Waals surface area contributed by atoms with E-state index in [9.17, 15) is 17.6 Å². The molecule has 0 radical (unpaired) electrons. The summed E-state index contributed by atoms with van der Waals surface area (Å²) in [4.78, 5) is 11.3. The van der Waals surface area contributed by atoms with Crippen molar-refractivity contribution in [3.8, 4) is 0 Å². The first-order valence-electron chi connectivity index (χ1n) is 6.27. The first kappa shape index (κ1) is 17.9. The van der Waals surface area contributed by atoms with E-state index >= 15 is 0 Å². The van der Waals surface area contributed by atoms with Crippen molar-refractivity contribution < 1.29 is 27.1 Å². The highest BCUT2D eigenvalue weighted by Crippen LogP contribution is 2.24. The van der Waals surface area contributed by atoms with E-state index < -0.39 is 25.7 Å². The normalized spacial score (nSPS) is 11.4. The summed E-state index contributed by atoms with van der Waals surface area (Å²) in [6.07, 6.45) is 0.841. The topological polar surface area (TPSA) is 69.7 Å². The molecule has 21 heavy (non-hydrogen) atoms. The Kier molecular flexibility index (Phi) is 6.57. The van der Waals surface area contributed by atoms with Gasteiger partial charge in [0, 0.05) is 22.9 Å². The van der Waals surface area contributed by atoms with Crippen molar-refractivity contribution in [1.29, 1.82) is 0 Å². The van der Waals surface area contributed by atoms with Crippen molar-refractivity contribution in [2.45, 2.75) is 25.2 Å². The van der Waals surface area contributed by atoms with Gasteiger partial charge in [0.2, 0.25) is 0 Å². The second-order valence-corrected chi connectivity index (χ2v) is 6.80. The fourth-order valence-corrected chi connectivity index (χ4v) is 2.76. The van der Waals surface area contributed by atoms with Crippen LogP contribution >= 0.6 is 10.7 Å². The molecular formula is C13H16ClFO5S. The predicted octanol–water partition coefficient (Wildman–Crippen LogP) is 2.65. The molecule has 0 fully saturated rings. The molecule has 0 saturated heterocycles. The summed E-state index contributed by atoms with van der Waals surface area (Å²) in [6.45, 7) is 3.96. The Hall–Kier alpha value is -1.18. The summed E-state index contributed by atoms with van der Waals surface area (Å²) >= 11 is 0. The van der Waals surface area contributed by atoms with E-state index in [-0.39, 0.29) is 24.3 Å². The molecule has 0 unspecified atom stereocenters. The molecule has 118 valence electrons. The summed E-state index contributed by atoms with van der Waals surface area (Å²) in [5, 5.41) is 0. The van der Waals surface area contributed by atoms with Gasteiger partial charge < -0.3 is 9.47 Å². The zero-order valence-corrected chi connectivity index (χ0v) is 13.3. The van der Waals surface area contributed by atoms with Crippen LogP contribution in [-0.4, -0.2) is 34.2 Å². The van der Waals surface area contributed by atoms with Crippen molar-refractivity contribution in [1.82, 2.24) is 0 Å². The quantitative estimate of drug-likeness (QED) is 0.434. The number of benzene rings is 1. The molecule has 0 heterocycles. The number of hydrogen-bond acceptors (Lipinski definition) is 5. The SMILES string of the molecule is CCCOCCOC(=O)c1cc(F)c(C)c(S(=O)(=O)Cl)c1. The van der Waals surface area contributed by atoms with Crippen LogP contribution in [0.3, 0.4) is 0 Å². The lowest BCUT2D eigenvalue weighted by Gasteiger charge is -2.08. The summed E-state index contributed by atoms with van der Waals surface area (Å²) < 4.78 is 46.3. The third-order valence-electron chi connectivity index (χ3n) is 2.60. The van der Waals surface area contributed by atoms with Crippen molar-refractivity contribution in [3.05, 3.63) is 29.1 Å². The van der Waals surface area contributed by atoms with Gasteiger partial charge in [-0.1, -0.05) is 6.92 Å². The number of esters is 1. The van der Waals surface area contributed by atoms with E-state index in [1.54, 1.807) is 0 Å². The Balaban J connectivity index is 2.84. The van der Waals surface area contributed by atoms with Crippen LogP contribution in [0.5, 0.6) is 0 Å². The van der Waals surface area contributed by atoms with E-state index in [0.717, 1.165) is 18.6 Å². The summed E-state index contributed by atoms with van der Waals surface area (Å²) in [5.74, 6) is -1.68. The Morgan fingerprint density at radius 1 is 1.29 bits per heavy atom. The lowest BCUT2D eigenvalue weighted by Crippen LogP contribution is -2.12. The van der Waals surface area contributed by atoms with Crippen molar-refractivity contribution in [3.63, 3.8) is 0 Å². The highest BCUT2D eigenvalue weighted by Gasteiger charge is 2.20. The van der Waals surface area contributed by atoms with E-state index in [1.807, 2.05) is 6.92 Å². The Morgan fingerprint density at radius 3 is 2.52 bits per heavy atom. The van der Waals surface area contributed by atoms with Gasteiger partial charge in [-0.05, 0) is 25.5 Å². The maximum Gasteiger partial charge on any atom is 0.338 e. The van der Waals surface area contributed by atoms with Gasteiger partial charge in [-0.2, -0.15) is 0 Å². The summed E-state index contributed by atoms with van der Waals surface area (Å²) in [6, 6.07) is 1.91. The fourth-order valence-electron chi connectivity index (χ4n) is 1.55. The van der Waals surface area contributed by atoms with Crippen LogP contribution in [0.4, 0.5) is 4.39 Å². The number of carbonyl (C=O) groups excluding carboxylic acids is 1. The van der Waals surface area contributed by atoms with Crippen LogP contribution in [0.2, 0.25) is 0 Å². The molecule has 5 nitrogen and oxygen atoms in total. The molecule has 0 amide bonds. The van der Waals surface area contributed by atoms with Crippen LogP contribution in [0, 0.1) is 12.7 Å². The predicted molar refractivity (Wildman–Crippen MR) is 75.6 cm³/mol. The Morgan fingerprint density at radius 2 is 1.95 bits per heavy atom. The molecule has 0 aliphatic carbocycles. The van der Waals surface area contributed by atoms with Gasteiger partial charge in [-0.15, -0.1) is 0 Å². The Bertz CT molecular complexity index is 615. The van der Waals surface area contributed by atoms with Crippen LogP contribution in [0.15, 0.2) is 17.0 Å². The number of rotatable bonds is 7.